The van der Waals surface area contributed by atoms with E-state index in [9.17, 15) is 0 Å². The Hall–Kier alpha value is -0.890. The van der Waals surface area contributed by atoms with Crippen LogP contribution in [0.5, 0.6) is 0 Å². The number of hydrogen-bond donors (Lipinski definition) is 3. The Kier molecular flexibility index (Phi) is 11.2. The predicted molar refractivity (Wildman–Crippen MR) is 105 cm³/mol. The van der Waals surface area contributed by atoms with Crippen molar-refractivity contribution in [1.82, 2.24) is 20.9 Å². The average Bonchev–Trinajstić information content (AvgIpc) is 2.43. The van der Waals surface area contributed by atoms with Gasteiger partial charge in [-0.05, 0) is 39.8 Å². The van der Waals surface area contributed by atoms with E-state index >= 15 is 0 Å². The molecule has 3 N–H and O–H groups in total. The molecule has 1 aromatic rings. The van der Waals surface area contributed by atoms with Gasteiger partial charge in [0.15, 0.2) is 5.96 Å². The van der Waals surface area contributed by atoms with E-state index in [1.807, 2.05) is 24.4 Å². The van der Waals surface area contributed by atoms with Gasteiger partial charge in [-0.15, -0.1) is 24.0 Å². The summed E-state index contributed by atoms with van der Waals surface area (Å²) >= 11 is 0. The maximum Gasteiger partial charge on any atom is 0.191 e. The van der Waals surface area contributed by atoms with Crippen molar-refractivity contribution in [2.75, 3.05) is 26.2 Å². The minimum atomic E-state index is 0. The molecule has 0 saturated heterocycles. The van der Waals surface area contributed by atoms with Gasteiger partial charge in [-0.25, -0.2) is 0 Å². The summed E-state index contributed by atoms with van der Waals surface area (Å²) in [5.74, 6) is 0.865. The Morgan fingerprint density at radius 1 is 1.18 bits per heavy atom. The zero-order valence-electron chi connectivity index (χ0n) is 14.1. The Morgan fingerprint density at radius 2 is 1.95 bits per heavy atom. The SMILES string of the molecule is CCNC(=NCCNC(C)(C)C)NCCc1ccccn1.I. The molecule has 0 radical (unpaired) electrons. The number of nitrogens with zero attached hydrogens (tertiary/aromatic N) is 2. The van der Waals surface area contributed by atoms with Gasteiger partial charge in [-0.2, -0.15) is 0 Å². The van der Waals surface area contributed by atoms with Crippen molar-refractivity contribution in [1.29, 1.82) is 0 Å². The summed E-state index contributed by atoms with van der Waals surface area (Å²) in [5.41, 5.74) is 1.23. The van der Waals surface area contributed by atoms with Crippen molar-refractivity contribution < 1.29 is 0 Å². The lowest BCUT2D eigenvalue weighted by Crippen LogP contribution is -2.40. The van der Waals surface area contributed by atoms with Crippen LogP contribution >= 0.6 is 24.0 Å². The molecule has 1 aromatic heterocycles. The molecule has 0 aliphatic heterocycles. The normalized spacial score (nSPS) is 11.7. The van der Waals surface area contributed by atoms with Gasteiger partial charge < -0.3 is 16.0 Å². The first-order valence-corrected chi connectivity index (χ1v) is 7.68. The van der Waals surface area contributed by atoms with Gasteiger partial charge in [0.2, 0.25) is 0 Å². The van der Waals surface area contributed by atoms with E-state index in [2.05, 4.69) is 53.6 Å². The minimum Gasteiger partial charge on any atom is -0.357 e. The number of pyridine rings is 1. The highest BCUT2D eigenvalue weighted by Gasteiger charge is 2.07. The Bertz CT molecular complexity index is 414. The second kappa shape index (κ2) is 11.6. The first-order chi connectivity index (χ1) is 10.0. The second-order valence-corrected chi connectivity index (χ2v) is 5.94. The van der Waals surface area contributed by atoms with Crippen LogP contribution in [0.25, 0.3) is 0 Å². The number of aromatic nitrogens is 1. The third-order valence-corrected chi connectivity index (χ3v) is 2.78. The van der Waals surface area contributed by atoms with Crippen LogP contribution in [-0.4, -0.2) is 42.7 Å². The predicted octanol–water partition coefficient (Wildman–Crippen LogP) is 2.19. The molecular formula is C16H30IN5. The smallest absolute Gasteiger partial charge is 0.191 e. The minimum absolute atomic E-state index is 0. The number of aliphatic imine (C=N–C) groups is 1. The fraction of sp³-hybridized carbons (Fsp3) is 0.625. The summed E-state index contributed by atoms with van der Waals surface area (Å²) < 4.78 is 0. The first kappa shape index (κ1) is 21.1. The molecule has 1 rings (SSSR count). The molecule has 0 amide bonds. The van der Waals surface area contributed by atoms with Crippen molar-refractivity contribution in [3.05, 3.63) is 30.1 Å². The van der Waals surface area contributed by atoms with Crippen LogP contribution < -0.4 is 16.0 Å². The van der Waals surface area contributed by atoms with Gasteiger partial charge in [0.1, 0.15) is 0 Å². The molecule has 0 fully saturated rings. The fourth-order valence-corrected chi connectivity index (χ4v) is 1.80. The van der Waals surface area contributed by atoms with E-state index in [1.165, 1.54) is 0 Å². The molecule has 0 aromatic carbocycles. The summed E-state index contributed by atoms with van der Waals surface area (Å²) in [7, 11) is 0. The first-order valence-electron chi connectivity index (χ1n) is 7.68. The van der Waals surface area contributed by atoms with E-state index in [-0.39, 0.29) is 29.5 Å². The maximum atomic E-state index is 4.56. The van der Waals surface area contributed by atoms with E-state index in [4.69, 9.17) is 0 Å². The number of rotatable bonds is 7. The second-order valence-electron chi connectivity index (χ2n) is 5.94. The number of nitrogens with one attached hydrogen (secondary N) is 3. The molecule has 0 aliphatic carbocycles. The van der Waals surface area contributed by atoms with Crippen LogP contribution in [-0.2, 0) is 6.42 Å². The largest absolute Gasteiger partial charge is 0.357 e. The Balaban J connectivity index is 0.00000441. The van der Waals surface area contributed by atoms with Crippen LogP contribution in [0.3, 0.4) is 0 Å². The molecule has 126 valence electrons. The van der Waals surface area contributed by atoms with Gasteiger partial charge in [0.25, 0.3) is 0 Å². The lowest BCUT2D eigenvalue weighted by molar-refractivity contribution is 0.432. The van der Waals surface area contributed by atoms with E-state index in [1.54, 1.807) is 0 Å². The molecule has 1 heterocycles. The highest BCUT2D eigenvalue weighted by molar-refractivity contribution is 14.0. The van der Waals surface area contributed by atoms with Crippen LogP contribution in [0, 0.1) is 0 Å². The molecule has 0 spiro atoms. The zero-order chi connectivity index (χ0) is 15.6. The summed E-state index contributed by atoms with van der Waals surface area (Å²) in [6, 6.07) is 5.99. The van der Waals surface area contributed by atoms with E-state index in [0.29, 0.717) is 0 Å². The molecule has 6 heteroatoms. The molecule has 0 atom stereocenters. The molecule has 0 saturated carbocycles. The van der Waals surface area contributed by atoms with Gasteiger partial charge in [-0.3, -0.25) is 9.98 Å². The topological polar surface area (TPSA) is 61.3 Å². The quantitative estimate of drug-likeness (QED) is 0.275. The highest BCUT2D eigenvalue weighted by Crippen LogP contribution is 1.96. The molecule has 5 nitrogen and oxygen atoms in total. The van der Waals surface area contributed by atoms with E-state index in [0.717, 1.165) is 44.3 Å². The van der Waals surface area contributed by atoms with Crippen LogP contribution in [0.1, 0.15) is 33.4 Å². The van der Waals surface area contributed by atoms with Crippen molar-refractivity contribution in [2.45, 2.75) is 39.7 Å². The maximum absolute atomic E-state index is 4.56. The summed E-state index contributed by atoms with van der Waals surface area (Å²) in [6.07, 6.45) is 2.72. The van der Waals surface area contributed by atoms with Crippen LogP contribution in [0.15, 0.2) is 29.4 Å². The zero-order valence-corrected chi connectivity index (χ0v) is 16.5. The number of guanidine groups is 1. The fourth-order valence-electron chi connectivity index (χ4n) is 1.80. The monoisotopic (exact) mass is 419 g/mol. The lowest BCUT2D eigenvalue weighted by Gasteiger charge is -2.20. The molecule has 0 aliphatic rings. The van der Waals surface area contributed by atoms with Crippen LogP contribution in [0.2, 0.25) is 0 Å². The summed E-state index contributed by atoms with van der Waals surface area (Å²) in [5, 5.41) is 10.0. The van der Waals surface area contributed by atoms with Gasteiger partial charge in [-0.1, -0.05) is 6.07 Å². The number of halogens is 1. The van der Waals surface area contributed by atoms with Crippen molar-refractivity contribution in [2.24, 2.45) is 4.99 Å². The van der Waals surface area contributed by atoms with Gasteiger partial charge in [0.05, 0.1) is 6.54 Å². The van der Waals surface area contributed by atoms with E-state index < -0.39 is 0 Å². The third-order valence-electron chi connectivity index (χ3n) is 2.78. The Labute approximate surface area is 151 Å². The number of hydrogen-bond acceptors (Lipinski definition) is 3. The molecule has 0 bridgehead atoms. The standard InChI is InChI=1S/C16H29N5.HI/c1-5-17-15(20-12-13-21-16(2,3)4)19-11-9-14-8-6-7-10-18-14;/h6-8,10,21H,5,9,11-13H2,1-4H3,(H2,17,19,20);1H. The van der Waals surface area contributed by atoms with Crippen molar-refractivity contribution in [3.8, 4) is 0 Å². The van der Waals surface area contributed by atoms with Crippen molar-refractivity contribution in [3.63, 3.8) is 0 Å². The third kappa shape index (κ3) is 10.8. The Morgan fingerprint density at radius 3 is 2.55 bits per heavy atom. The average molecular weight is 419 g/mol. The lowest BCUT2D eigenvalue weighted by atomic mass is 10.1. The summed E-state index contributed by atoms with van der Waals surface area (Å²) in [4.78, 5) is 8.87. The van der Waals surface area contributed by atoms with Crippen molar-refractivity contribution >= 4 is 29.9 Å². The highest BCUT2D eigenvalue weighted by atomic mass is 127. The summed E-state index contributed by atoms with van der Waals surface area (Å²) in [6.45, 7) is 11.9. The van der Waals surface area contributed by atoms with Crippen LogP contribution in [0.4, 0.5) is 0 Å². The van der Waals surface area contributed by atoms with Gasteiger partial charge in [0, 0.05) is 43.5 Å². The molecular weight excluding hydrogens is 389 g/mol. The molecule has 22 heavy (non-hydrogen) atoms. The van der Waals surface area contributed by atoms with Gasteiger partial charge >= 0.3 is 0 Å². The molecule has 0 unspecified atom stereocenters.